The number of aromatic nitrogens is 2. The number of hydrogen-bond acceptors (Lipinski definition) is 4. The third-order valence-electron chi connectivity index (χ3n) is 2.85. The van der Waals surface area contributed by atoms with Crippen molar-refractivity contribution in [3.8, 4) is 0 Å². The fourth-order valence-electron chi connectivity index (χ4n) is 1.79. The first-order chi connectivity index (χ1) is 7.68. The SMILES string of the molecule is CC(Nc1cn[nH]c(=O)c1Cl)C1CCOC1. The molecule has 1 aliphatic heterocycles. The number of hydrogen-bond donors (Lipinski definition) is 2. The zero-order valence-electron chi connectivity index (χ0n) is 9.00. The van der Waals surface area contributed by atoms with E-state index in [-0.39, 0.29) is 16.6 Å². The zero-order valence-corrected chi connectivity index (χ0v) is 9.75. The molecule has 0 amide bonds. The topological polar surface area (TPSA) is 67.0 Å². The average Bonchev–Trinajstić information content (AvgIpc) is 2.78. The van der Waals surface area contributed by atoms with Crippen molar-refractivity contribution in [3.05, 3.63) is 21.6 Å². The first-order valence-electron chi connectivity index (χ1n) is 5.26. The molecule has 0 saturated carbocycles. The Labute approximate surface area is 98.2 Å². The molecular formula is C10H14ClN3O2. The summed E-state index contributed by atoms with van der Waals surface area (Å²) in [7, 11) is 0. The van der Waals surface area contributed by atoms with Crippen LogP contribution in [0.5, 0.6) is 0 Å². The molecule has 16 heavy (non-hydrogen) atoms. The first kappa shape index (κ1) is 11.4. The van der Waals surface area contributed by atoms with Gasteiger partial charge in [0, 0.05) is 18.6 Å². The molecule has 2 atom stereocenters. The molecule has 0 bridgehead atoms. The summed E-state index contributed by atoms with van der Waals surface area (Å²) in [4.78, 5) is 11.2. The molecule has 0 radical (unpaired) electrons. The van der Waals surface area contributed by atoms with Gasteiger partial charge in [-0.1, -0.05) is 11.6 Å². The van der Waals surface area contributed by atoms with Crippen LogP contribution in [-0.2, 0) is 4.74 Å². The summed E-state index contributed by atoms with van der Waals surface area (Å²) in [6.45, 7) is 3.61. The molecule has 2 N–H and O–H groups in total. The van der Waals surface area contributed by atoms with Gasteiger partial charge in [0.05, 0.1) is 18.5 Å². The lowest BCUT2D eigenvalue weighted by molar-refractivity contribution is 0.183. The van der Waals surface area contributed by atoms with Gasteiger partial charge < -0.3 is 10.1 Å². The lowest BCUT2D eigenvalue weighted by atomic mass is 10.0. The van der Waals surface area contributed by atoms with Gasteiger partial charge in [0.25, 0.3) is 5.56 Å². The molecule has 2 rings (SSSR count). The monoisotopic (exact) mass is 243 g/mol. The van der Waals surface area contributed by atoms with Crippen molar-refractivity contribution in [2.45, 2.75) is 19.4 Å². The third-order valence-corrected chi connectivity index (χ3v) is 3.23. The van der Waals surface area contributed by atoms with Crippen LogP contribution < -0.4 is 10.9 Å². The van der Waals surface area contributed by atoms with E-state index in [2.05, 4.69) is 22.4 Å². The molecule has 2 heterocycles. The van der Waals surface area contributed by atoms with Gasteiger partial charge in [-0.15, -0.1) is 0 Å². The van der Waals surface area contributed by atoms with Crippen molar-refractivity contribution >= 4 is 17.3 Å². The summed E-state index contributed by atoms with van der Waals surface area (Å²) in [6, 6.07) is 0.212. The van der Waals surface area contributed by atoms with Crippen LogP contribution in [0.25, 0.3) is 0 Å². The van der Waals surface area contributed by atoms with Crippen LogP contribution >= 0.6 is 11.6 Å². The average molecular weight is 244 g/mol. The number of halogens is 1. The second-order valence-corrected chi connectivity index (χ2v) is 4.36. The number of aromatic amines is 1. The van der Waals surface area contributed by atoms with E-state index in [4.69, 9.17) is 16.3 Å². The minimum Gasteiger partial charge on any atom is -0.381 e. The highest BCUT2D eigenvalue weighted by Gasteiger charge is 2.22. The largest absolute Gasteiger partial charge is 0.381 e. The number of H-pyrrole nitrogens is 1. The van der Waals surface area contributed by atoms with E-state index in [9.17, 15) is 4.79 Å². The molecule has 1 aromatic heterocycles. The molecule has 6 heteroatoms. The zero-order chi connectivity index (χ0) is 11.5. The van der Waals surface area contributed by atoms with Crippen LogP contribution in [-0.4, -0.2) is 29.5 Å². The van der Waals surface area contributed by atoms with E-state index in [0.29, 0.717) is 11.6 Å². The lowest BCUT2D eigenvalue weighted by Crippen LogP contribution is -2.27. The van der Waals surface area contributed by atoms with Crippen LogP contribution in [0, 0.1) is 5.92 Å². The predicted octanol–water partition coefficient (Wildman–Crippen LogP) is 1.26. The quantitative estimate of drug-likeness (QED) is 0.839. The maximum atomic E-state index is 11.2. The number of nitrogens with zero attached hydrogens (tertiary/aromatic N) is 1. The van der Waals surface area contributed by atoms with Gasteiger partial charge in [-0.25, -0.2) is 5.10 Å². The Morgan fingerprint density at radius 3 is 3.25 bits per heavy atom. The van der Waals surface area contributed by atoms with Crippen molar-refractivity contribution in [1.82, 2.24) is 10.2 Å². The Morgan fingerprint density at radius 2 is 2.56 bits per heavy atom. The van der Waals surface area contributed by atoms with Crippen LogP contribution in [0.4, 0.5) is 5.69 Å². The maximum absolute atomic E-state index is 11.2. The molecule has 0 aromatic carbocycles. The summed E-state index contributed by atoms with van der Waals surface area (Å²) >= 11 is 5.87. The van der Waals surface area contributed by atoms with E-state index in [1.807, 2.05) is 0 Å². The summed E-state index contributed by atoms with van der Waals surface area (Å²) in [5.74, 6) is 0.454. The molecule has 1 aromatic rings. The number of ether oxygens (including phenoxy) is 1. The van der Waals surface area contributed by atoms with Gasteiger partial charge in [-0.2, -0.15) is 5.10 Å². The lowest BCUT2D eigenvalue weighted by Gasteiger charge is -2.20. The summed E-state index contributed by atoms with van der Waals surface area (Å²) in [5.41, 5.74) is 0.200. The predicted molar refractivity (Wildman–Crippen MR) is 61.9 cm³/mol. The number of anilines is 1. The fraction of sp³-hybridized carbons (Fsp3) is 0.600. The molecule has 0 spiro atoms. The molecule has 88 valence electrons. The molecule has 2 unspecified atom stereocenters. The van der Waals surface area contributed by atoms with Crippen molar-refractivity contribution in [2.75, 3.05) is 18.5 Å². The smallest absolute Gasteiger partial charge is 0.285 e. The standard InChI is InChI=1S/C10H14ClN3O2/c1-6(7-2-3-16-5-7)13-8-4-12-14-10(15)9(8)11/h4,6-7H,2-3,5H2,1H3,(H2,13,14,15). The first-order valence-corrected chi connectivity index (χ1v) is 5.63. The second kappa shape index (κ2) is 4.84. The van der Waals surface area contributed by atoms with Gasteiger partial charge in [-0.3, -0.25) is 4.79 Å². The summed E-state index contributed by atoms with van der Waals surface area (Å²) < 4.78 is 5.31. The molecule has 1 fully saturated rings. The Morgan fingerprint density at radius 1 is 1.75 bits per heavy atom. The van der Waals surface area contributed by atoms with E-state index in [0.717, 1.165) is 19.6 Å². The Bertz CT molecular complexity index is 415. The molecule has 1 aliphatic rings. The van der Waals surface area contributed by atoms with Crippen LogP contribution in [0.3, 0.4) is 0 Å². The number of rotatable bonds is 3. The van der Waals surface area contributed by atoms with Crippen molar-refractivity contribution in [2.24, 2.45) is 5.92 Å². The van der Waals surface area contributed by atoms with E-state index < -0.39 is 0 Å². The van der Waals surface area contributed by atoms with Crippen LogP contribution in [0.2, 0.25) is 5.02 Å². The number of nitrogens with one attached hydrogen (secondary N) is 2. The van der Waals surface area contributed by atoms with Gasteiger partial charge in [0.15, 0.2) is 0 Å². The Balaban J connectivity index is 2.08. The van der Waals surface area contributed by atoms with E-state index in [1.165, 1.54) is 6.20 Å². The molecule has 0 aliphatic carbocycles. The van der Waals surface area contributed by atoms with E-state index >= 15 is 0 Å². The Hall–Kier alpha value is -1.07. The molecule has 5 nitrogen and oxygen atoms in total. The van der Waals surface area contributed by atoms with Gasteiger partial charge in [-0.05, 0) is 13.3 Å². The molecular weight excluding hydrogens is 230 g/mol. The van der Waals surface area contributed by atoms with Gasteiger partial charge in [0.1, 0.15) is 5.02 Å². The highest BCUT2D eigenvalue weighted by Crippen LogP contribution is 2.22. The molecule has 1 saturated heterocycles. The van der Waals surface area contributed by atoms with Crippen LogP contribution in [0.1, 0.15) is 13.3 Å². The van der Waals surface area contributed by atoms with Gasteiger partial charge >= 0.3 is 0 Å². The summed E-state index contributed by atoms with van der Waals surface area (Å²) in [5, 5.41) is 9.34. The van der Waals surface area contributed by atoms with Crippen molar-refractivity contribution in [1.29, 1.82) is 0 Å². The normalized spacial score (nSPS) is 22.0. The van der Waals surface area contributed by atoms with Crippen LogP contribution in [0.15, 0.2) is 11.0 Å². The third kappa shape index (κ3) is 2.36. The van der Waals surface area contributed by atoms with E-state index in [1.54, 1.807) is 0 Å². The fourth-order valence-corrected chi connectivity index (χ4v) is 1.94. The second-order valence-electron chi connectivity index (χ2n) is 3.98. The Kier molecular flexibility index (Phi) is 3.46. The summed E-state index contributed by atoms with van der Waals surface area (Å²) in [6.07, 6.45) is 2.55. The van der Waals surface area contributed by atoms with Gasteiger partial charge in [0.2, 0.25) is 0 Å². The highest BCUT2D eigenvalue weighted by atomic mass is 35.5. The minimum absolute atomic E-state index is 0.153. The highest BCUT2D eigenvalue weighted by molar-refractivity contribution is 6.32. The van der Waals surface area contributed by atoms with Crippen molar-refractivity contribution in [3.63, 3.8) is 0 Å². The maximum Gasteiger partial charge on any atom is 0.285 e. The van der Waals surface area contributed by atoms with Crippen molar-refractivity contribution < 1.29 is 4.74 Å². The minimum atomic E-state index is -0.374.